The van der Waals surface area contributed by atoms with Crippen LogP contribution < -0.4 is 4.90 Å². The summed E-state index contributed by atoms with van der Waals surface area (Å²) in [6.07, 6.45) is 4.97. The second-order valence-corrected chi connectivity index (χ2v) is 19.4. The van der Waals surface area contributed by atoms with Crippen LogP contribution in [-0.4, -0.2) is 68.7 Å². The molecule has 3 atom stereocenters. The normalized spacial score (nSPS) is 21.5. The van der Waals surface area contributed by atoms with Crippen LogP contribution in [0, 0.1) is 29.3 Å². The lowest BCUT2D eigenvalue weighted by Crippen LogP contribution is -2.54. The number of ether oxygens (including phenoxy) is 1. The molecule has 2 aromatic heterocycles. The number of hydrogen-bond donors (Lipinski definition) is 0. The Hall–Kier alpha value is -2.79. The highest BCUT2D eigenvalue weighted by Crippen LogP contribution is 2.41. The van der Waals surface area contributed by atoms with Crippen LogP contribution in [0.25, 0.3) is 11.3 Å². The van der Waals surface area contributed by atoms with Gasteiger partial charge in [0.05, 0.1) is 24.9 Å². The van der Waals surface area contributed by atoms with Gasteiger partial charge in [0.15, 0.2) is 8.32 Å². The molecule has 1 aromatic carbocycles. The van der Waals surface area contributed by atoms with E-state index in [0.717, 1.165) is 24.3 Å². The zero-order valence-corrected chi connectivity index (χ0v) is 29.4. The molecule has 250 valence electrons. The fourth-order valence-electron chi connectivity index (χ4n) is 6.43. The summed E-state index contributed by atoms with van der Waals surface area (Å²) in [6.45, 7) is 20.8. The Labute approximate surface area is 273 Å². The van der Waals surface area contributed by atoms with Gasteiger partial charge in [0.25, 0.3) is 0 Å². The molecule has 4 heterocycles. The number of morpholine rings is 1. The van der Waals surface area contributed by atoms with Gasteiger partial charge in [-0.2, -0.15) is 0 Å². The molecule has 0 aliphatic carbocycles. The number of nitrogens with zero attached hydrogens (tertiary/aromatic N) is 4. The lowest BCUT2D eigenvalue weighted by molar-refractivity contribution is 0.0341. The smallest absolute Gasteiger partial charge is 0.192 e. The summed E-state index contributed by atoms with van der Waals surface area (Å²) in [5.74, 6) is -1.68. The van der Waals surface area contributed by atoms with Gasteiger partial charge in [0, 0.05) is 56.5 Å². The van der Waals surface area contributed by atoms with Crippen LogP contribution in [0.15, 0.2) is 42.7 Å². The van der Waals surface area contributed by atoms with Gasteiger partial charge in [0.2, 0.25) is 0 Å². The Morgan fingerprint density at radius 1 is 0.935 bits per heavy atom. The first-order valence-corrected chi connectivity index (χ1v) is 19.4. The van der Waals surface area contributed by atoms with Gasteiger partial charge in [-0.15, -0.1) is 0 Å². The molecule has 2 aliphatic heterocycles. The fraction of sp³-hybridized carbons (Fsp3) is 0.556. The maximum atomic E-state index is 15.3. The Morgan fingerprint density at radius 3 is 2.22 bits per heavy atom. The summed E-state index contributed by atoms with van der Waals surface area (Å²) in [7, 11) is -1.91. The summed E-state index contributed by atoms with van der Waals surface area (Å²) in [5.41, 5.74) is 2.50. The zero-order valence-electron chi connectivity index (χ0n) is 28.4. The lowest BCUT2D eigenvalue weighted by Gasteiger charge is -2.48. The van der Waals surface area contributed by atoms with Crippen molar-refractivity contribution < 1.29 is 22.3 Å². The van der Waals surface area contributed by atoms with Gasteiger partial charge in [-0.05, 0) is 84.3 Å². The molecule has 0 amide bonds. The largest absolute Gasteiger partial charge is 0.413 e. The molecular weight excluding hydrogens is 606 g/mol. The van der Waals surface area contributed by atoms with E-state index in [2.05, 4.69) is 73.5 Å². The molecule has 0 radical (unpaired) electrons. The van der Waals surface area contributed by atoms with Crippen LogP contribution in [0.2, 0.25) is 18.1 Å². The van der Waals surface area contributed by atoms with Crippen LogP contribution in [0.4, 0.5) is 18.9 Å². The highest BCUT2D eigenvalue weighted by Gasteiger charge is 2.43. The monoisotopic (exact) mass is 654 g/mol. The van der Waals surface area contributed by atoms with Gasteiger partial charge >= 0.3 is 0 Å². The van der Waals surface area contributed by atoms with Crippen molar-refractivity contribution in [2.45, 2.75) is 78.2 Å². The Kier molecular flexibility index (Phi) is 10.6. The SMILES string of the molecule is C[C@@H]1CN(c2ccncc2CCc2ccc(F)c(-c3c(F)cc(CN4CCOCC4)cc3F)n2)C[C@H](C)C1O[Si](C)(C)C(C)(C)C. The number of piperidine rings is 1. The number of hydrogen-bond acceptors (Lipinski definition) is 6. The molecule has 0 saturated carbocycles. The molecule has 10 heteroatoms. The van der Waals surface area contributed by atoms with Crippen molar-refractivity contribution in [3.63, 3.8) is 0 Å². The summed E-state index contributed by atoms with van der Waals surface area (Å²) in [4.78, 5) is 13.3. The zero-order chi connectivity index (χ0) is 33.2. The minimum absolute atomic E-state index is 0.153. The average Bonchev–Trinajstić information content (AvgIpc) is 2.99. The summed E-state index contributed by atoms with van der Waals surface area (Å²) in [5, 5.41) is 0.153. The second-order valence-electron chi connectivity index (χ2n) is 14.7. The van der Waals surface area contributed by atoms with Crippen molar-refractivity contribution >= 4 is 14.0 Å². The molecule has 46 heavy (non-hydrogen) atoms. The van der Waals surface area contributed by atoms with Crippen molar-refractivity contribution in [3.05, 3.63) is 77.0 Å². The van der Waals surface area contributed by atoms with E-state index < -0.39 is 31.3 Å². The van der Waals surface area contributed by atoms with Crippen molar-refractivity contribution in [2.75, 3.05) is 44.3 Å². The van der Waals surface area contributed by atoms with E-state index in [0.29, 0.717) is 68.8 Å². The van der Waals surface area contributed by atoms with E-state index in [4.69, 9.17) is 9.16 Å². The Morgan fingerprint density at radius 2 is 1.59 bits per heavy atom. The third-order valence-corrected chi connectivity index (χ3v) is 14.5. The highest BCUT2D eigenvalue weighted by atomic mass is 28.4. The molecule has 0 spiro atoms. The Bertz CT molecular complexity index is 1470. The number of pyridine rings is 2. The average molecular weight is 655 g/mol. The van der Waals surface area contributed by atoms with E-state index in [9.17, 15) is 4.39 Å². The van der Waals surface area contributed by atoms with Crippen molar-refractivity contribution in [1.29, 1.82) is 0 Å². The molecule has 1 unspecified atom stereocenters. The molecule has 0 N–H and O–H groups in total. The van der Waals surface area contributed by atoms with E-state index in [1.165, 1.54) is 18.2 Å². The predicted molar refractivity (Wildman–Crippen MR) is 180 cm³/mol. The van der Waals surface area contributed by atoms with Crippen LogP contribution >= 0.6 is 0 Å². The number of aryl methyl sites for hydroxylation is 2. The quantitative estimate of drug-likeness (QED) is 0.221. The third-order valence-electron chi connectivity index (χ3n) is 10.00. The fourth-order valence-corrected chi connectivity index (χ4v) is 7.92. The second kappa shape index (κ2) is 14.1. The van der Waals surface area contributed by atoms with E-state index in [-0.39, 0.29) is 16.8 Å². The van der Waals surface area contributed by atoms with Crippen molar-refractivity contribution in [3.8, 4) is 11.3 Å². The number of halogens is 3. The number of rotatable bonds is 9. The molecule has 2 saturated heterocycles. The highest BCUT2D eigenvalue weighted by molar-refractivity contribution is 6.74. The molecular formula is C36H49F3N4O2Si. The molecule has 3 aromatic rings. The summed E-state index contributed by atoms with van der Waals surface area (Å²) in [6, 6.07) is 7.46. The first kappa shape index (κ1) is 34.5. The van der Waals surface area contributed by atoms with E-state index in [1.54, 1.807) is 6.07 Å². The maximum Gasteiger partial charge on any atom is 0.192 e. The Balaban J connectivity index is 1.30. The van der Waals surface area contributed by atoms with Gasteiger partial charge in [0.1, 0.15) is 23.1 Å². The van der Waals surface area contributed by atoms with Crippen molar-refractivity contribution in [1.82, 2.24) is 14.9 Å². The standard InChI is InChI=1S/C36H49F3N4O2Si/c1-24-21-43(22-25(2)35(24)45-46(6,7)36(3,4)5)32-12-13-40-20-27(32)8-9-28-10-11-29(37)34(41-28)33-30(38)18-26(19-31(33)39)23-42-14-16-44-17-15-42/h10-13,18-20,24-25,35H,8-9,14-17,21-23H2,1-7H3/t24-,25+,35?. The molecule has 2 aliphatic rings. The first-order valence-electron chi connectivity index (χ1n) is 16.5. The number of aromatic nitrogens is 2. The van der Waals surface area contributed by atoms with Crippen LogP contribution in [0.3, 0.4) is 0 Å². The minimum atomic E-state index is -1.91. The third kappa shape index (κ3) is 7.84. The molecule has 0 bridgehead atoms. The van der Waals surface area contributed by atoms with Gasteiger partial charge in [-0.25, -0.2) is 18.2 Å². The van der Waals surface area contributed by atoms with E-state index in [1.807, 2.05) is 12.4 Å². The van der Waals surface area contributed by atoms with Crippen LogP contribution in [0.1, 0.15) is 51.4 Å². The first-order chi connectivity index (χ1) is 21.7. The summed E-state index contributed by atoms with van der Waals surface area (Å²) < 4.78 is 57.9. The maximum absolute atomic E-state index is 15.3. The molecule has 2 fully saturated rings. The van der Waals surface area contributed by atoms with Crippen LogP contribution in [-0.2, 0) is 28.5 Å². The molecule has 6 nitrogen and oxygen atoms in total. The van der Waals surface area contributed by atoms with Gasteiger partial charge in [-0.3, -0.25) is 9.88 Å². The van der Waals surface area contributed by atoms with Gasteiger partial charge < -0.3 is 14.1 Å². The van der Waals surface area contributed by atoms with Gasteiger partial charge in [-0.1, -0.05) is 34.6 Å². The molecule has 5 rings (SSSR count). The number of anilines is 1. The predicted octanol–water partition coefficient (Wildman–Crippen LogP) is 7.66. The van der Waals surface area contributed by atoms with E-state index >= 15 is 8.78 Å². The minimum Gasteiger partial charge on any atom is -0.413 e. The topological polar surface area (TPSA) is 50.7 Å². The summed E-state index contributed by atoms with van der Waals surface area (Å²) >= 11 is 0. The van der Waals surface area contributed by atoms with Crippen molar-refractivity contribution in [2.24, 2.45) is 11.8 Å². The number of benzene rings is 1. The lowest BCUT2D eigenvalue weighted by atomic mass is 9.87. The van der Waals surface area contributed by atoms with Crippen LogP contribution in [0.5, 0.6) is 0 Å².